The third kappa shape index (κ3) is 7.10. The van der Waals surface area contributed by atoms with Crippen molar-refractivity contribution in [2.75, 3.05) is 13.2 Å². The van der Waals surface area contributed by atoms with E-state index in [2.05, 4.69) is 39.0 Å². The van der Waals surface area contributed by atoms with Crippen LogP contribution in [-0.2, 0) is 0 Å². The van der Waals surface area contributed by atoms with Gasteiger partial charge < -0.3 is 10.2 Å². The van der Waals surface area contributed by atoms with Crippen molar-refractivity contribution in [3.63, 3.8) is 0 Å². The molecular weight excluding hydrogens is 260 g/mol. The van der Waals surface area contributed by atoms with E-state index in [-0.39, 0.29) is 25.0 Å². The Kier molecular flexibility index (Phi) is 8.63. The maximum absolute atomic E-state index is 9.41. The lowest BCUT2D eigenvalue weighted by Crippen LogP contribution is -2.25. The van der Waals surface area contributed by atoms with E-state index in [0.717, 1.165) is 38.5 Å². The quantitative estimate of drug-likeness (QED) is 0.651. The second-order valence-electron chi connectivity index (χ2n) is 6.60. The Hall–Kier alpha value is -0.860. The van der Waals surface area contributed by atoms with Crippen LogP contribution in [0.5, 0.6) is 0 Å². The van der Waals surface area contributed by atoms with Crippen molar-refractivity contribution in [1.82, 2.24) is 0 Å². The van der Waals surface area contributed by atoms with Crippen LogP contribution >= 0.6 is 0 Å². The van der Waals surface area contributed by atoms with Gasteiger partial charge in [0.15, 0.2) is 0 Å². The van der Waals surface area contributed by atoms with Crippen LogP contribution in [0.2, 0.25) is 0 Å². The number of rotatable bonds is 8. The number of aliphatic hydroxyl groups excluding tert-OH is 2. The summed E-state index contributed by atoms with van der Waals surface area (Å²) in [6, 6.07) is 0. The van der Waals surface area contributed by atoms with Crippen LogP contribution in [0.25, 0.3) is 0 Å². The van der Waals surface area contributed by atoms with Gasteiger partial charge in [-0.2, -0.15) is 0 Å². The Labute approximate surface area is 130 Å². The van der Waals surface area contributed by atoms with Crippen molar-refractivity contribution in [3.8, 4) is 0 Å². The molecule has 0 saturated heterocycles. The van der Waals surface area contributed by atoms with Gasteiger partial charge in [-0.1, -0.05) is 34.9 Å². The van der Waals surface area contributed by atoms with Gasteiger partial charge in [0.1, 0.15) is 0 Å². The molecule has 0 aromatic carbocycles. The van der Waals surface area contributed by atoms with Crippen molar-refractivity contribution in [2.24, 2.45) is 11.8 Å². The van der Waals surface area contributed by atoms with Crippen LogP contribution in [0.4, 0.5) is 0 Å². The molecule has 2 heteroatoms. The first-order valence-electron chi connectivity index (χ1n) is 8.25. The van der Waals surface area contributed by atoms with E-state index < -0.39 is 0 Å². The van der Waals surface area contributed by atoms with Gasteiger partial charge in [0.05, 0.1) is 0 Å². The lowest BCUT2D eigenvalue weighted by molar-refractivity contribution is 0.115. The van der Waals surface area contributed by atoms with E-state index in [1.54, 1.807) is 0 Å². The summed E-state index contributed by atoms with van der Waals surface area (Å²) in [5, 5.41) is 18.7. The Morgan fingerprint density at radius 2 is 1.81 bits per heavy atom. The van der Waals surface area contributed by atoms with Gasteiger partial charge in [-0.25, -0.2) is 0 Å². The molecule has 0 heterocycles. The SMILES string of the molecule is CC(C)=CCCC(C)=CCCC1=CCC(CO)C(CO)C1. The monoisotopic (exact) mass is 292 g/mol. The molecular formula is C19H32O2. The minimum Gasteiger partial charge on any atom is -0.396 e. The standard InChI is InChI=1S/C19H32O2/c1-15(2)6-4-7-16(3)8-5-9-17-10-11-18(13-20)19(12-17)14-21/h6,8,10,18-21H,4-5,7,9,11-14H2,1-3H3. The smallest absolute Gasteiger partial charge is 0.0465 e. The molecule has 0 radical (unpaired) electrons. The molecule has 2 atom stereocenters. The van der Waals surface area contributed by atoms with Crippen molar-refractivity contribution >= 4 is 0 Å². The molecule has 0 saturated carbocycles. The highest BCUT2D eigenvalue weighted by Crippen LogP contribution is 2.31. The lowest BCUT2D eigenvalue weighted by atomic mass is 9.79. The highest BCUT2D eigenvalue weighted by atomic mass is 16.3. The molecule has 1 rings (SSSR count). The van der Waals surface area contributed by atoms with Gasteiger partial charge in [0, 0.05) is 13.2 Å². The summed E-state index contributed by atoms with van der Waals surface area (Å²) in [6.45, 7) is 6.89. The largest absolute Gasteiger partial charge is 0.396 e. The summed E-state index contributed by atoms with van der Waals surface area (Å²) in [5.41, 5.74) is 4.31. The molecule has 2 nitrogen and oxygen atoms in total. The van der Waals surface area contributed by atoms with Gasteiger partial charge in [-0.05, 0) is 71.1 Å². The molecule has 0 aromatic heterocycles. The second-order valence-corrected chi connectivity index (χ2v) is 6.60. The van der Waals surface area contributed by atoms with E-state index in [4.69, 9.17) is 0 Å². The van der Waals surface area contributed by atoms with Gasteiger partial charge in [0.25, 0.3) is 0 Å². The van der Waals surface area contributed by atoms with Crippen LogP contribution in [0.15, 0.2) is 34.9 Å². The number of aliphatic hydroxyl groups is 2. The summed E-state index contributed by atoms with van der Waals surface area (Å²) >= 11 is 0. The molecule has 0 spiro atoms. The van der Waals surface area contributed by atoms with Gasteiger partial charge in [-0.15, -0.1) is 0 Å². The van der Waals surface area contributed by atoms with Crippen LogP contribution in [0.3, 0.4) is 0 Å². The normalized spacial score (nSPS) is 22.9. The molecule has 21 heavy (non-hydrogen) atoms. The van der Waals surface area contributed by atoms with Gasteiger partial charge in [0.2, 0.25) is 0 Å². The highest BCUT2D eigenvalue weighted by Gasteiger charge is 2.24. The van der Waals surface area contributed by atoms with Crippen molar-refractivity contribution in [1.29, 1.82) is 0 Å². The summed E-state index contributed by atoms with van der Waals surface area (Å²) in [7, 11) is 0. The minimum absolute atomic E-state index is 0.193. The van der Waals surface area contributed by atoms with Gasteiger partial charge >= 0.3 is 0 Å². The van der Waals surface area contributed by atoms with Crippen molar-refractivity contribution in [3.05, 3.63) is 34.9 Å². The average molecular weight is 292 g/mol. The number of hydrogen-bond acceptors (Lipinski definition) is 2. The summed E-state index contributed by atoms with van der Waals surface area (Å²) in [6.07, 6.45) is 13.3. The van der Waals surface area contributed by atoms with Crippen LogP contribution < -0.4 is 0 Å². The van der Waals surface area contributed by atoms with Crippen LogP contribution in [0.1, 0.15) is 59.3 Å². The highest BCUT2D eigenvalue weighted by molar-refractivity contribution is 5.11. The van der Waals surface area contributed by atoms with Crippen molar-refractivity contribution < 1.29 is 10.2 Å². The molecule has 0 aliphatic heterocycles. The van der Waals surface area contributed by atoms with E-state index in [1.807, 2.05) is 0 Å². The zero-order valence-corrected chi connectivity index (χ0v) is 13.9. The third-order valence-corrected chi connectivity index (χ3v) is 4.42. The average Bonchev–Trinajstić information content (AvgIpc) is 2.46. The first kappa shape index (κ1) is 18.2. The number of allylic oxidation sites excluding steroid dienone is 6. The van der Waals surface area contributed by atoms with E-state index in [0.29, 0.717) is 0 Å². The van der Waals surface area contributed by atoms with Crippen LogP contribution in [0, 0.1) is 11.8 Å². The Bertz CT molecular complexity index is 386. The second kappa shape index (κ2) is 9.97. The first-order valence-corrected chi connectivity index (χ1v) is 8.25. The molecule has 1 aliphatic carbocycles. The fraction of sp³-hybridized carbons (Fsp3) is 0.684. The topological polar surface area (TPSA) is 40.5 Å². The van der Waals surface area contributed by atoms with Crippen molar-refractivity contribution in [2.45, 2.75) is 59.3 Å². The minimum atomic E-state index is 0.193. The Balaban J connectivity index is 2.35. The molecule has 2 N–H and O–H groups in total. The van der Waals surface area contributed by atoms with E-state index in [9.17, 15) is 10.2 Å². The zero-order chi connectivity index (χ0) is 15.7. The summed E-state index contributed by atoms with van der Waals surface area (Å²) in [4.78, 5) is 0. The fourth-order valence-corrected chi connectivity index (χ4v) is 2.93. The number of hydrogen-bond donors (Lipinski definition) is 2. The van der Waals surface area contributed by atoms with E-state index in [1.165, 1.54) is 16.7 Å². The Morgan fingerprint density at radius 3 is 2.43 bits per heavy atom. The maximum atomic E-state index is 9.41. The molecule has 0 fully saturated rings. The molecule has 0 amide bonds. The molecule has 2 unspecified atom stereocenters. The summed E-state index contributed by atoms with van der Waals surface area (Å²) in [5.74, 6) is 0.498. The maximum Gasteiger partial charge on any atom is 0.0465 e. The predicted octanol–water partition coefficient (Wildman–Crippen LogP) is 4.40. The van der Waals surface area contributed by atoms with Gasteiger partial charge in [-0.3, -0.25) is 0 Å². The molecule has 120 valence electrons. The molecule has 0 bridgehead atoms. The Morgan fingerprint density at radius 1 is 1.10 bits per heavy atom. The zero-order valence-electron chi connectivity index (χ0n) is 13.9. The fourth-order valence-electron chi connectivity index (χ4n) is 2.93. The van der Waals surface area contributed by atoms with E-state index >= 15 is 0 Å². The predicted molar refractivity (Wildman–Crippen MR) is 90.1 cm³/mol. The lowest BCUT2D eigenvalue weighted by Gasteiger charge is -2.28. The third-order valence-electron chi connectivity index (χ3n) is 4.42. The summed E-state index contributed by atoms with van der Waals surface area (Å²) < 4.78 is 0. The molecule has 0 aromatic rings. The first-order chi connectivity index (χ1) is 10.1. The van der Waals surface area contributed by atoms with Crippen LogP contribution in [-0.4, -0.2) is 23.4 Å². The molecule has 1 aliphatic rings.